The normalized spacial score (nSPS) is 23.5. The maximum Gasteiger partial charge on any atom is 0.330 e. The smallest absolute Gasteiger partial charge is 0.330 e. The predicted octanol–water partition coefficient (Wildman–Crippen LogP) is 1.69. The van der Waals surface area contributed by atoms with Crippen LogP contribution in [0.15, 0.2) is 46.1 Å². The zero-order valence-corrected chi connectivity index (χ0v) is 13.3. The number of halogens is 1. The highest BCUT2D eigenvalue weighted by Gasteiger charge is 2.37. The summed E-state index contributed by atoms with van der Waals surface area (Å²) in [5.74, 6) is 0. The van der Waals surface area contributed by atoms with E-state index in [0.717, 1.165) is 5.56 Å². The highest BCUT2D eigenvalue weighted by Crippen LogP contribution is 2.30. The van der Waals surface area contributed by atoms with E-state index in [0.29, 0.717) is 12.2 Å². The van der Waals surface area contributed by atoms with Crippen LogP contribution in [0.3, 0.4) is 0 Å². The molecule has 1 aromatic heterocycles. The van der Waals surface area contributed by atoms with Crippen molar-refractivity contribution in [3.05, 3.63) is 68.5 Å². The Morgan fingerprint density at radius 3 is 2.83 bits per heavy atom. The summed E-state index contributed by atoms with van der Waals surface area (Å²) < 4.78 is 26.5. The first-order chi connectivity index (χ1) is 11.5. The Balaban J connectivity index is 1.61. The fourth-order valence-electron chi connectivity index (χ4n) is 2.68. The van der Waals surface area contributed by atoms with Gasteiger partial charge in [-0.2, -0.15) is 0 Å². The van der Waals surface area contributed by atoms with Crippen molar-refractivity contribution in [2.75, 3.05) is 6.61 Å². The van der Waals surface area contributed by atoms with Crippen LogP contribution in [0.25, 0.3) is 0 Å². The number of nitrogens with zero attached hydrogens (tertiary/aromatic N) is 1. The minimum absolute atomic E-state index is 0.0464. The topological polar surface area (TPSA) is 73.3 Å². The molecule has 0 radical (unpaired) electrons. The lowest BCUT2D eigenvalue weighted by atomic mass is 10.2. The average Bonchev–Trinajstić information content (AvgIpc) is 2.93. The molecular formula is C17H19FN2O4. The lowest BCUT2D eigenvalue weighted by molar-refractivity contribution is -0.0573. The summed E-state index contributed by atoms with van der Waals surface area (Å²) in [6.45, 7) is 2.05. The van der Waals surface area contributed by atoms with E-state index in [1.165, 1.54) is 10.8 Å². The summed E-state index contributed by atoms with van der Waals surface area (Å²) in [4.78, 5) is 25.5. The van der Waals surface area contributed by atoms with Gasteiger partial charge in [0.1, 0.15) is 18.5 Å². The van der Waals surface area contributed by atoms with E-state index in [9.17, 15) is 14.0 Å². The number of alkyl halides is 1. The van der Waals surface area contributed by atoms with E-state index < -0.39 is 29.8 Å². The molecule has 1 aromatic carbocycles. The third kappa shape index (κ3) is 3.63. The van der Waals surface area contributed by atoms with Gasteiger partial charge < -0.3 is 9.47 Å². The standard InChI is InChI=1S/C17H19FN2O4/c1-11-8-20(17(22)19-16(11)21)15-7-13(18)14(24-15)10-23-9-12-5-3-2-4-6-12/h2-6,8,13-15H,7,9-10H2,1H3,(H,19,21,22)/t13-,14+,15+/m0/s1/i18-1. The molecule has 1 saturated heterocycles. The van der Waals surface area contributed by atoms with Crippen LogP contribution in [0.4, 0.5) is 4.39 Å². The Kier molecular flexibility index (Phi) is 4.92. The Morgan fingerprint density at radius 1 is 1.33 bits per heavy atom. The lowest BCUT2D eigenvalue weighted by Crippen LogP contribution is -2.33. The van der Waals surface area contributed by atoms with Gasteiger partial charge in [0, 0.05) is 18.2 Å². The molecule has 3 rings (SSSR count). The third-order valence-electron chi connectivity index (χ3n) is 4.01. The van der Waals surface area contributed by atoms with Crippen molar-refractivity contribution in [1.82, 2.24) is 9.55 Å². The quantitative estimate of drug-likeness (QED) is 0.904. The van der Waals surface area contributed by atoms with Gasteiger partial charge >= 0.3 is 5.69 Å². The van der Waals surface area contributed by atoms with Gasteiger partial charge in [-0.05, 0) is 12.5 Å². The second-order valence-electron chi connectivity index (χ2n) is 5.86. The van der Waals surface area contributed by atoms with Crippen LogP contribution in [0.5, 0.6) is 0 Å². The average molecular weight is 333 g/mol. The molecular weight excluding hydrogens is 314 g/mol. The van der Waals surface area contributed by atoms with Gasteiger partial charge in [0.2, 0.25) is 0 Å². The molecule has 0 amide bonds. The predicted molar refractivity (Wildman–Crippen MR) is 85.6 cm³/mol. The number of aromatic nitrogens is 2. The second-order valence-corrected chi connectivity index (χ2v) is 5.86. The van der Waals surface area contributed by atoms with E-state index in [2.05, 4.69) is 4.98 Å². The first-order valence-electron chi connectivity index (χ1n) is 7.78. The molecule has 0 saturated carbocycles. The van der Waals surface area contributed by atoms with Crippen LogP contribution >= 0.6 is 0 Å². The van der Waals surface area contributed by atoms with Crippen molar-refractivity contribution in [2.45, 2.75) is 38.5 Å². The first kappa shape index (κ1) is 16.6. The highest BCUT2D eigenvalue weighted by molar-refractivity contribution is 5.13. The van der Waals surface area contributed by atoms with Crippen molar-refractivity contribution in [3.63, 3.8) is 0 Å². The summed E-state index contributed by atoms with van der Waals surface area (Å²) in [6.07, 6.45) is -1.27. The molecule has 0 unspecified atom stereocenters. The molecule has 7 heteroatoms. The van der Waals surface area contributed by atoms with Gasteiger partial charge in [0.25, 0.3) is 5.56 Å². The van der Waals surface area contributed by atoms with E-state index in [1.54, 1.807) is 6.92 Å². The van der Waals surface area contributed by atoms with Crippen molar-refractivity contribution < 1.29 is 13.9 Å². The zero-order valence-electron chi connectivity index (χ0n) is 13.3. The van der Waals surface area contributed by atoms with E-state index in [-0.39, 0.29) is 13.0 Å². The van der Waals surface area contributed by atoms with Crippen LogP contribution in [-0.2, 0) is 16.1 Å². The fraction of sp³-hybridized carbons (Fsp3) is 0.412. The van der Waals surface area contributed by atoms with Gasteiger partial charge in [0.15, 0.2) is 0 Å². The molecule has 3 atom stereocenters. The molecule has 1 fully saturated rings. The summed E-state index contributed by atoms with van der Waals surface area (Å²) >= 11 is 0. The molecule has 1 aliphatic rings. The summed E-state index contributed by atoms with van der Waals surface area (Å²) in [5, 5.41) is 0. The first-order valence-corrected chi connectivity index (χ1v) is 7.78. The number of hydrogen-bond donors (Lipinski definition) is 1. The number of hydrogen-bond acceptors (Lipinski definition) is 4. The largest absolute Gasteiger partial charge is 0.374 e. The molecule has 0 spiro atoms. The fourth-order valence-corrected chi connectivity index (χ4v) is 2.68. The van der Waals surface area contributed by atoms with Gasteiger partial charge in [-0.25, -0.2) is 9.18 Å². The third-order valence-corrected chi connectivity index (χ3v) is 4.01. The molecule has 0 bridgehead atoms. The Labute approximate surface area is 137 Å². The van der Waals surface area contributed by atoms with Crippen molar-refractivity contribution in [3.8, 4) is 0 Å². The number of H-pyrrole nitrogens is 1. The summed E-state index contributed by atoms with van der Waals surface area (Å²) in [6, 6.07) is 9.57. The van der Waals surface area contributed by atoms with E-state index >= 15 is 0 Å². The Bertz CT molecular complexity index is 802. The maximum atomic E-state index is 14.2. The monoisotopic (exact) mass is 333 g/mol. The number of rotatable bonds is 5. The molecule has 128 valence electrons. The molecule has 2 heterocycles. The second kappa shape index (κ2) is 7.11. The Hall–Kier alpha value is -2.25. The van der Waals surface area contributed by atoms with E-state index in [4.69, 9.17) is 9.47 Å². The molecule has 1 N–H and O–H groups in total. The Morgan fingerprint density at radius 2 is 2.08 bits per heavy atom. The zero-order chi connectivity index (χ0) is 17.1. The number of ether oxygens (including phenoxy) is 2. The van der Waals surface area contributed by atoms with Crippen LogP contribution in [0.1, 0.15) is 23.8 Å². The van der Waals surface area contributed by atoms with Crippen molar-refractivity contribution >= 4 is 0 Å². The number of aryl methyl sites for hydroxylation is 1. The maximum absolute atomic E-state index is 14.2. The molecule has 24 heavy (non-hydrogen) atoms. The molecule has 2 aromatic rings. The van der Waals surface area contributed by atoms with Crippen molar-refractivity contribution in [2.24, 2.45) is 0 Å². The van der Waals surface area contributed by atoms with E-state index in [1.807, 2.05) is 30.3 Å². The van der Waals surface area contributed by atoms with Crippen LogP contribution < -0.4 is 11.2 Å². The van der Waals surface area contributed by atoms with Gasteiger partial charge in [-0.3, -0.25) is 14.3 Å². The van der Waals surface area contributed by atoms with Crippen LogP contribution in [0.2, 0.25) is 0 Å². The molecule has 1 aliphatic heterocycles. The number of nitrogens with one attached hydrogen (secondary N) is 1. The van der Waals surface area contributed by atoms with Crippen LogP contribution in [0, 0.1) is 6.92 Å². The summed E-state index contributed by atoms with van der Waals surface area (Å²) in [7, 11) is 0. The SMILES string of the molecule is Cc1cn([C@H]2C[C@H]([18F])[C@@H](COCc3ccccc3)O2)c(=O)[nH]c1=O. The van der Waals surface area contributed by atoms with Crippen LogP contribution in [-0.4, -0.2) is 28.4 Å². The number of aromatic amines is 1. The van der Waals surface area contributed by atoms with Crippen molar-refractivity contribution in [1.29, 1.82) is 0 Å². The van der Waals surface area contributed by atoms with Gasteiger partial charge in [-0.15, -0.1) is 0 Å². The minimum Gasteiger partial charge on any atom is -0.374 e. The number of benzene rings is 1. The summed E-state index contributed by atoms with van der Waals surface area (Å²) in [5.41, 5.74) is 0.315. The van der Waals surface area contributed by atoms with Gasteiger partial charge in [-0.1, -0.05) is 30.3 Å². The minimum atomic E-state index is -1.23. The molecule has 0 aliphatic carbocycles. The lowest BCUT2D eigenvalue weighted by Gasteiger charge is -2.16. The molecule has 6 nitrogen and oxygen atoms in total. The van der Waals surface area contributed by atoms with Gasteiger partial charge in [0.05, 0.1) is 13.2 Å². The highest BCUT2D eigenvalue weighted by atomic mass is 18.2.